The van der Waals surface area contributed by atoms with Crippen LogP contribution in [-0.4, -0.2) is 26.3 Å². The monoisotopic (exact) mass is 295 g/mol. The van der Waals surface area contributed by atoms with Gasteiger partial charge in [0.15, 0.2) is 9.84 Å². The Labute approximate surface area is 122 Å². The van der Waals surface area contributed by atoms with E-state index in [-0.39, 0.29) is 22.6 Å². The fourth-order valence-electron chi connectivity index (χ4n) is 2.71. The van der Waals surface area contributed by atoms with Gasteiger partial charge in [0, 0.05) is 18.0 Å². The van der Waals surface area contributed by atoms with Crippen molar-refractivity contribution in [3.63, 3.8) is 0 Å². The van der Waals surface area contributed by atoms with Gasteiger partial charge in [-0.1, -0.05) is 32.0 Å². The standard InChI is InChI=1S/C16H25NO2S/c1-15(2,3)17-11-16(4,5)13-10-20(18,19)14-9-7-6-8-12(13)14/h6-9,13,17H,10-11H2,1-5H3. The Balaban J connectivity index is 2.31. The highest BCUT2D eigenvalue weighted by molar-refractivity contribution is 7.91. The fourth-order valence-corrected chi connectivity index (χ4v) is 4.82. The molecule has 1 N–H and O–H groups in total. The van der Waals surface area contributed by atoms with Crippen LogP contribution in [-0.2, 0) is 9.84 Å². The Morgan fingerprint density at radius 1 is 1.15 bits per heavy atom. The molecule has 2 rings (SSSR count). The van der Waals surface area contributed by atoms with E-state index in [2.05, 4.69) is 39.9 Å². The molecule has 0 aliphatic carbocycles. The van der Waals surface area contributed by atoms with Gasteiger partial charge in [0.1, 0.15) is 0 Å². The van der Waals surface area contributed by atoms with Crippen molar-refractivity contribution in [1.82, 2.24) is 5.32 Å². The van der Waals surface area contributed by atoms with Crippen LogP contribution in [0.4, 0.5) is 0 Å². The van der Waals surface area contributed by atoms with Gasteiger partial charge in [0.2, 0.25) is 0 Å². The van der Waals surface area contributed by atoms with Crippen molar-refractivity contribution >= 4 is 9.84 Å². The van der Waals surface area contributed by atoms with Crippen LogP contribution in [0.15, 0.2) is 29.2 Å². The van der Waals surface area contributed by atoms with Crippen LogP contribution in [0, 0.1) is 5.41 Å². The maximum atomic E-state index is 12.3. The number of hydrogen-bond acceptors (Lipinski definition) is 3. The topological polar surface area (TPSA) is 46.2 Å². The molecule has 1 aromatic rings. The number of hydrogen-bond donors (Lipinski definition) is 1. The Morgan fingerprint density at radius 2 is 1.75 bits per heavy atom. The molecule has 0 saturated carbocycles. The van der Waals surface area contributed by atoms with Crippen molar-refractivity contribution < 1.29 is 8.42 Å². The molecule has 1 aliphatic heterocycles. The van der Waals surface area contributed by atoms with E-state index in [1.165, 1.54) is 0 Å². The highest BCUT2D eigenvalue weighted by Gasteiger charge is 2.42. The Kier molecular flexibility index (Phi) is 3.76. The summed E-state index contributed by atoms with van der Waals surface area (Å²) in [6.45, 7) is 11.5. The van der Waals surface area contributed by atoms with Crippen LogP contribution < -0.4 is 5.32 Å². The molecule has 1 unspecified atom stereocenters. The molecule has 3 nitrogen and oxygen atoms in total. The minimum absolute atomic E-state index is 0.0360. The third kappa shape index (κ3) is 3.07. The lowest BCUT2D eigenvalue weighted by molar-refractivity contribution is 0.253. The van der Waals surface area contributed by atoms with Gasteiger partial charge in [-0.05, 0) is 37.8 Å². The zero-order valence-corrected chi connectivity index (χ0v) is 13.8. The lowest BCUT2D eigenvalue weighted by atomic mass is 9.75. The van der Waals surface area contributed by atoms with Crippen molar-refractivity contribution in [2.45, 2.75) is 51.0 Å². The first-order chi connectivity index (χ1) is 9.03. The predicted octanol–water partition coefficient (Wildman–Crippen LogP) is 2.97. The summed E-state index contributed by atoms with van der Waals surface area (Å²) in [6.07, 6.45) is 0. The molecule has 0 saturated heterocycles. The van der Waals surface area contributed by atoms with Gasteiger partial charge in [-0.3, -0.25) is 0 Å². The Hall–Kier alpha value is -0.870. The summed E-state index contributed by atoms with van der Waals surface area (Å²) in [6, 6.07) is 7.43. The second-order valence-electron chi connectivity index (χ2n) is 7.46. The molecule has 4 heteroatoms. The van der Waals surface area contributed by atoms with Crippen LogP contribution in [0.5, 0.6) is 0 Å². The van der Waals surface area contributed by atoms with Gasteiger partial charge in [0.05, 0.1) is 10.6 Å². The van der Waals surface area contributed by atoms with Gasteiger partial charge < -0.3 is 5.32 Å². The minimum atomic E-state index is -3.12. The van der Waals surface area contributed by atoms with E-state index in [0.29, 0.717) is 4.90 Å². The maximum absolute atomic E-state index is 12.3. The number of fused-ring (bicyclic) bond motifs is 1. The molecule has 0 aromatic heterocycles. The zero-order valence-electron chi connectivity index (χ0n) is 13.0. The van der Waals surface area contributed by atoms with Gasteiger partial charge in [-0.25, -0.2) is 8.42 Å². The van der Waals surface area contributed by atoms with Crippen molar-refractivity contribution in [3.05, 3.63) is 29.8 Å². The highest BCUT2D eigenvalue weighted by Crippen LogP contribution is 2.45. The van der Waals surface area contributed by atoms with Crippen LogP contribution in [0.3, 0.4) is 0 Å². The van der Waals surface area contributed by atoms with Crippen LogP contribution >= 0.6 is 0 Å². The van der Waals surface area contributed by atoms with Crippen molar-refractivity contribution in [2.24, 2.45) is 5.41 Å². The molecule has 1 aromatic carbocycles. The maximum Gasteiger partial charge on any atom is 0.179 e. The number of nitrogens with one attached hydrogen (secondary N) is 1. The molecule has 0 amide bonds. The molecule has 0 radical (unpaired) electrons. The van der Waals surface area contributed by atoms with Crippen LogP contribution in [0.2, 0.25) is 0 Å². The van der Waals surface area contributed by atoms with Crippen LogP contribution in [0.1, 0.15) is 46.1 Å². The smallest absolute Gasteiger partial charge is 0.179 e. The van der Waals surface area contributed by atoms with E-state index in [1.54, 1.807) is 12.1 Å². The Morgan fingerprint density at radius 3 is 2.35 bits per heavy atom. The first-order valence-corrected chi connectivity index (χ1v) is 8.75. The van der Waals surface area contributed by atoms with Crippen molar-refractivity contribution in [1.29, 1.82) is 0 Å². The average molecular weight is 295 g/mol. The molecule has 0 bridgehead atoms. The number of benzene rings is 1. The van der Waals surface area contributed by atoms with E-state index >= 15 is 0 Å². The second-order valence-corrected chi connectivity index (χ2v) is 9.47. The van der Waals surface area contributed by atoms with E-state index in [1.807, 2.05) is 12.1 Å². The number of sulfone groups is 1. The lowest BCUT2D eigenvalue weighted by Crippen LogP contribution is -2.44. The molecule has 1 atom stereocenters. The first-order valence-electron chi connectivity index (χ1n) is 7.10. The summed E-state index contributed by atoms with van der Waals surface area (Å²) in [4.78, 5) is 0.522. The summed E-state index contributed by atoms with van der Waals surface area (Å²) >= 11 is 0. The summed E-state index contributed by atoms with van der Waals surface area (Å²) in [7, 11) is -3.12. The summed E-state index contributed by atoms with van der Waals surface area (Å²) in [5.41, 5.74) is 0.912. The summed E-state index contributed by atoms with van der Waals surface area (Å²) in [5.74, 6) is 0.282. The number of rotatable bonds is 3. The highest BCUT2D eigenvalue weighted by atomic mass is 32.2. The molecule has 0 spiro atoms. The van der Waals surface area contributed by atoms with E-state index in [9.17, 15) is 8.42 Å². The largest absolute Gasteiger partial charge is 0.312 e. The van der Waals surface area contributed by atoms with E-state index < -0.39 is 9.84 Å². The zero-order chi connectivity index (χ0) is 15.2. The third-order valence-corrected chi connectivity index (χ3v) is 5.85. The first kappa shape index (κ1) is 15.5. The van der Waals surface area contributed by atoms with Gasteiger partial charge >= 0.3 is 0 Å². The van der Waals surface area contributed by atoms with Crippen molar-refractivity contribution in [3.8, 4) is 0 Å². The van der Waals surface area contributed by atoms with Crippen molar-refractivity contribution in [2.75, 3.05) is 12.3 Å². The molecular formula is C16H25NO2S. The normalized spacial score (nSPS) is 21.8. The molecule has 112 valence electrons. The van der Waals surface area contributed by atoms with Crippen LogP contribution in [0.25, 0.3) is 0 Å². The molecular weight excluding hydrogens is 270 g/mol. The third-order valence-electron chi connectivity index (χ3n) is 4.03. The van der Waals surface area contributed by atoms with Gasteiger partial charge in [-0.2, -0.15) is 0 Å². The minimum Gasteiger partial charge on any atom is -0.312 e. The molecule has 1 aliphatic rings. The second kappa shape index (κ2) is 4.85. The van der Waals surface area contributed by atoms with Gasteiger partial charge in [-0.15, -0.1) is 0 Å². The quantitative estimate of drug-likeness (QED) is 0.932. The molecule has 20 heavy (non-hydrogen) atoms. The van der Waals surface area contributed by atoms with Gasteiger partial charge in [0.25, 0.3) is 0 Å². The lowest BCUT2D eigenvalue weighted by Gasteiger charge is -2.35. The summed E-state index contributed by atoms with van der Waals surface area (Å²) in [5, 5.41) is 3.50. The van der Waals surface area contributed by atoms with E-state index in [0.717, 1.165) is 12.1 Å². The predicted molar refractivity (Wildman–Crippen MR) is 82.8 cm³/mol. The average Bonchev–Trinajstić information content (AvgIpc) is 2.60. The molecule has 1 heterocycles. The summed E-state index contributed by atoms with van der Waals surface area (Å²) < 4.78 is 24.6. The molecule has 0 fully saturated rings. The van der Waals surface area contributed by atoms with E-state index in [4.69, 9.17) is 0 Å². The SMILES string of the molecule is CC(C)(C)NCC(C)(C)C1CS(=O)(=O)c2ccccc21. The Bertz CT molecular complexity index is 597. The fraction of sp³-hybridized carbons (Fsp3) is 0.625.